The van der Waals surface area contributed by atoms with Gasteiger partial charge in [0.05, 0.1) is 5.02 Å². The summed E-state index contributed by atoms with van der Waals surface area (Å²) < 4.78 is 37.9. The topological polar surface area (TPSA) is 36.4 Å². The SMILES string of the molecule is C=CCN(CC(F)(F)F)C(=O)C1CCN(c2ccc(Cl)cn2)CC1. The number of hydrogen-bond acceptors (Lipinski definition) is 3. The third-order valence-electron chi connectivity index (χ3n) is 3.91. The fourth-order valence-corrected chi connectivity index (χ4v) is 2.89. The Kier molecular flexibility index (Phi) is 6.10. The minimum absolute atomic E-state index is 0.0999. The first-order valence-corrected chi connectivity index (χ1v) is 8.01. The number of anilines is 1. The molecule has 0 atom stereocenters. The number of pyridine rings is 1. The monoisotopic (exact) mass is 361 g/mol. The number of hydrogen-bond donors (Lipinski definition) is 0. The molecule has 1 aliphatic heterocycles. The van der Waals surface area contributed by atoms with E-state index in [9.17, 15) is 18.0 Å². The average Bonchev–Trinajstić information content (AvgIpc) is 2.53. The number of carbonyl (C=O) groups is 1. The van der Waals surface area contributed by atoms with Crippen LogP contribution in [0, 0.1) is 5.92 Å². The van der Waals surface area contributed by atoms with Gasteiger partial charge in [-0.25, -0.2) is 4.98 Å². The predicted octanol–water partition coefficient (Wildman–Crippen LogP) is 3.53. The van der Waals surface area contributed by atoms with E-state index in [0.29, 0.717) is 31.0 Å². The largest absolute Gasteiger partial charge is 0.406 e. The Morgan fingerprint density at radius 2 is 2.08 bits per heavy atom. The molecule has 0 aliphatic carbocycles. The van der Waals surface area contributed by atoms with Crippen LogP contribution in [0.3, 0.4) is 0 Å². The molecule has 24 heavy (non-hydrogen) atoms. The van der Waals surface area contributed by atoms with Gasteiger partial charge in [-0.2, -0.15) is 13.2 Å². The van der Waals surface area contributed by atoms with E-state index in [-0.39, 0.29) is 6.54 Å². The molecule has 0 bridgehead atoms. The number of amides is 1. The molecule has 2 heterocycles. The molecule has 0 aromatic carbocycles. The molecule has 8 heteroatoms. The molecule has 1 aliphatic rings. The van der Waals surface area contributed by atoms with Gasteiger partial charge >= 0.3 is 6.18 Å². The number of alkyl halides is 3. The van der Waals surface area contributed by atoms with Gasteiger partial charge in [-0.1, -0.05) is 17.7 Å². The van der Waals surface area contributed by atoms with Gasteiger partial charge in [0.1, 0.15) is 12.4 Å². The average molecular weight is 362 g/mol. The molecule has 1 aromatic heterocycles. The number of halogens is 4. The molecule has 0 N–H and O–H groups in total. The van der Waals surface area contributed by atoms with Crippen molar-refractivity contribution in [2.75, 3.05) is 31.1 Å². The molecule has 1 amide bonds. The van der Waals surface area contributed by atoms with Gasteiger partial charge in [-0.05, 0) is 25.0 Å². The van der Waals surface area contributed by atoms with Gasteiger partial charge in [0.2, 0.25) is 5.91 Å². The maximum atomic E-state index is 12.6. The van der Waals surface area contributed by atoms with Crippen LogP contribution in [0.1, 0.15) is 12.8 Å². The lowest BCUT2D eigenvalue weighted by Crippen LogP contribution is -2.46. The molecule has 0 spiro atoms. The van der Waals surface area contributed by atoms with Crippen molar-refractivity contribution < 1.29 is 18.0 Å². The molecule has 0 unspecified atom stereocenters. The maximum Gasteiger partial charge on any atom is 0.406 e. The lowest BCUT2D eigenvalue weighted by atomic mass is 9.95. The molecule has 4 nitrogen and oxygen atoms in total. The van der Waals surface area contributed by atoms with E-state index in [1.807, 2.05) is 4.90 Å². The van der Waals surface area contributed by atoms with E-state index < -0.39 is 24.5 Å². The normalized spacial score (nSPS) is 16.1. The number of carbonyl (C=O) groups excluding carboxylic acids is 1. The third-order valence-corrected chi connectivity index (χ3v) is 4.13. The molecule has 1 fully saturated rings. The fraction of sp³-hybridized carbons (Fsp3) is 0.500. The number of rotatable bonds is 5. The van der Waals surface area contributed by atoms with Crippen molar-refractivity contribution in [3.63, 3.8) is 0 Å². The van der Waals surface area contributed by atoms with E-state index in [1.165, 1.54) is 6.08 Å². The van der Waals surface area contributed by atoms with Crippen LogP contribution >= 0.6 is 11.6 Å². The molecular formula is C16H19ClF3N3O. The van der Waals surface area contributed by atoms with Crippen LogP contribution in [0.4, 0.5) is 19.0 Å². The highest BCUT2D eigenvalue weighted by atomic mass is 35.5. The zero-order chi connectivity index (χ0) is 17.7. The fourth-order valence-electron chi connectivity index (χ4n) is 2.77. The zero-order valence-electron chi connectivity index (χ0n) is 13.1. The van der Waals surface area contributed by atoms with Crippen LogP contribution in [0.25, 0.3) is 0 Å². The minimum Gasteiger partial charge on any atom is -0.357 e. The van der Waals surface area contributed by atoms with Crippen molar-refractivity contribution in [1.82, 2.24) is 9.88 Å². The second-order valence-corrected chi connectivity index (χ2v) is 6.15. The Balaban J connectivity index is 1.95. The van der Waals surface area contributed by atoms with Gasteiger partial charge in [0.25, 0.3) is 0 Å². The smallest absolute Gasteiger partial charge is 0.357 e. The first-order chi connectivity index (χ1) is 11.3. The van der Waals surface area contributed by atoms with E-state index in [0.717, 1.165) is 10.7 Å². The standard InChI is InChI=1S/C16H19ClF3N3O/c1-2-7-23(11-16(18,19)20)15(24)12-5-8-22(9-6-12)14-4-3-13(17)10-21-14/h2-4,10,12H,1,5-9,11H2. The van der Waals surface area contributed by atoms with E-state index >= 15 is 0 Å². The summed E-state index contributed by atoms with van der Waals surface area (Å²) in [5.41, 5.74) is 0. The number of nitrogens with zero attached hydrogens (tertiary/aromatic N) is 3. The van der Waals surface area contributed by atoms with Crippen LogP contribution in [0.2, 0.25) is 5.02 Å². The van der Waals surface area contributed by atoms with Crippen molar-refractivity contribution in [3.05, 3.63) is 36.0 Å². The lowest BCUT2D eigenvalue weighted by molar-refractivity contribution is -0.163. The molecule has 1 aromatic rings. The van der Waals surface area contributed by atoms with Crippen molar-refractivity contribution in [1.29, 1.82) is 0 Å². The Bertz CT molecular complexity index is 569. The summed E-state index contributed by atoms with van der Waals surface area (Å²) in [6.45, 7) is 3.23. The van der Waals surface area contributed by atoms with Gasteiger partial charge < -0.3 is 9.80 Å². The summed E-state index contributed by atoms with van der Waals surface area (Å²) in [6.07, 6.45) is -0.560. The first-order valence-electron chi connectivity index (χ1n) is 7.63. The van der Waals surface area contributed by atoms with Crippen LogP contribution in [0.15, 0.2) is 31.0 Å². The summed E-state index contributed by atoms with van der Waals surface area (Å²) in [5, 5.41) is 0.538. The first kappa shape index (κ1) is 18.6. The van der Waals surface area contributed by atoms with Crippen LogP contribution in [-0.2, 0) is 4.79 Å². The zero-order valence-corrected chi connectivity index (χ0v) is 13.9. The number of piperidine rings is 1. The highest BCUT2D eigenvalue weighted by Gasteiger charge is 2.36. The van der Waals surface area contributed by atoms with Gasteiger partial charge in [0.15, 0.2) is 0 Å². The Hall–Kier alpha value is -1.76. The summed E-state index contributed by atoms with van der Waals surface area (Å²) in [6, 6.07) is 3.52. The van der Waals surface area contributed by atoms with Crippen LogP contribution in [-0.4, -0.2) is 48.1 Å². The van der Waals surface area contributed by atoms with Crippen LogP contribution < -0.4 is 4.90 Å². The molecule has 0 radical (unpaired) electrons. The molecule has 1 saturated heterocycles. The second kappa shape index (κ2) is 7.88. The molecule has 2 rings (SSSR count). The van der Waals surface area contributed by atoms with E-state index in [2.05, 4.69) is 11.6 Å². The van der Waals surface area contributed by atoms with Crippen LogP contribution in [0.5, 0.6) is 0 Å². The van der Waals surface area contributed by atoms with E-state index in [1.54, 1.807) is 18.3 Å². The summed E-state index contributed by atoms with van der Waals surface area (Å²) in [7, 11) is 0. The Labute approximate surface area is 143 Å². The lowest BCUT2D eigenvalue weighted by Gasteiger charge is -2.34. The van der Waals surface area contributed by atoms with Gasteiger partial charge in [0, 0.05) is 31.7 Å². The van der Waals surface area contributed by atoms with Crippen molar-refractivity contribution in [2.24, 2.45) is 5.92 Å². The highest BCUT2D eigenvalue weighted by Crippen LogP contribution is 2.25. The highest BCUT2D eigenvalue weighted by molar-refractivity contribution is 6.30. The summed E-state index contributed by atoms with van der Waals surface area (Å²) in [4.78, 5) is 19.4. The minimum atomic E-state index is -4.41. The Morgan fingerprint density at radius 1 is 1.42 bits per heavy atom. The second-order valence-electron chi connectivity index (χ2n) is 5.72. The quantitative estimate of drug-likeness (QED) is 0.753. The van der Waals surface area contributed by atoms with Crippen molar-refractivity contribution in [3.8, 4) is 0 Å². The van der Waals surface area contributed by atoms with Crippen molar-refractivity contribution >= 4 is 23.3 Å². The maximum absolute atomic E-state index is 12.6. The Morgan fingerprint density at radius 3 is 2.58 bits per heavy atom. The molecule has 0 saturated carbocycles. The van der Waals surface area contributed by atoms with Gasteiger partial charge in [-0.15, -0.1) is 6.58 Å². The van der Waals surface area contributed by atoms with E-state index in [4.69, 9.17) is 11.6 Å². The predicted molar refractivity (Wildman–Crippen MR) is 87.0 cm³/mol. The molecular weight excluding hydrogens is 343 g/mol. The van der Waals surface area contributed by atoms with Crippen molar-refractivity contribution in [2.45, 2.75) is 19.0 Å². The number of aromatic nitrogens is 1. The third kappa shape index (κ3) is 5.12. The summed E-state index contributed by atoms with van der Waals surface area (Å²) >= 11 is 5.80. The van der Waals surface area contributed by atoms with Gasteiger partial charge in [-0.3, -0.25) is 4.79 Å². The molecule has 132 valence electrons. The summed E-state index contributed by atoms with van der Waals surface area (Å²) in [5.74, 6) is -0.115.